The number of nitriles is 1. The minimum absolute atomic E-state index is 0.0789. The Hall–Kier alpha value is -4.83. The Labute approximate surface area is 195 Å². The van der Waals surface area contributed by atoms with E-state index in [1.165, 1.54) is 11.0 Å². The third kappa shape index (κ3) is 3.67. The van der Waals surface area contributed by atoms with Crippen LogP contribution in [-0.4, -0.2) is 21.6 Å². The van der Waals surface area contributed by atoms with E-state index in [1.54, 1.807) is 22.9 Å². The van der Waals surface area contributed by atoms with Gasteiger partial charge in [0.15, 0.2) is 0 Å². The number of aromatic nitrogens is 1. The number of carbonyl (C=O) groups excluding carboxylic acids is 1. The summed E-state index contributed by atoms with van der Waals surface area (Å²) in [6.07, 6.45) is 3.16. The van der Waals surface area contributed by atoms with E-state index in [0.29, 0.717) is 34.8 Å². The van der Waals surface area contributed by atoms with Gasteiger partial charge in [-0.1, -0.05) is 48.5 Å². The summed E-state index contributed by atoms with van der Waals surface area (Å²) in [5, 5.41) is 20.0. The van der Waals surface area contributed by atoms with E-state index in [2.05, 4.69) is 0 Å². The molecule has 1 aliphatic heterocycles. The van der Waals surface area contributed by atoms with Crippen molar-refractivity contribution in [1.29, 1.82) is 5.26 Å². The van der Waals surface area contributed by atoms with Crippen LogP contribution in [0.25, 0.3) is 17.0 Å². The number of anilines is 2. The maximum absolute atomic E-state index is 13.8. The number of hydrogen-bond donors (Lipinski definition) is 1. The van der Waals surface area contributed by atoms with Gasteiger partial charge >= 0.3 is 5.97 Å². The second-order valence-electron chi connectivity index (χ2n) is 7.82. The first kappa shape index (κ1) is 21.0. The van der Waals surface area contributed by atoms with Gasteiger partial charge in [-0.05, 0) is 30.3 Å². The number of rotatable bonds is 4. The molecular weight excluding hydrogens is 430 g/mol. The van der Waals surface area contributed by atoms with Gasteiger partial charge in [0.25, 0.3) is 5.91 Å². The SMILES string of the molecule is N#C/C(=C\c1cn(CC(=O)O)c2ccccc12)C(=O)N1c2ccccc2COc2ccccc21. The average Bonchev–Trinajstić information content (AvgIpc) is 3.09. The maximum Gasteiger partial charge on any atom is 0.323 e. The molecule has 0 atom stereocenters. The van der Waals surface area contributed by atoms with E-state index < -0.39 is 11.9 Å². The van der Waals surface area contributed by atoms with Crippen LogP contribution in [0.4, 0.5) is 11.4 Å². The summed E-state index contributed by atoms with van der Waals surface area (Å²) in [5.41, 5.74) is 3.24. The van der Waals surface area contributed by atoms with Gasteiger partial charge in [-0.3, -0.25) is 14.5 Å². The number of fused-ring (bicyclic) bond motifs is 3. The molecular formula is C27H19N3O4. The summed E-state index contributed by atoms with van der Waals surface area (Å²) >= 11 is 0. The van der Waals surface area contributed by atoms with Gasteiger partial charge in [0.1, 0.15) is 30.5 Å². The highest BCUT2D eigenvalue weighted by Gasteiger charge is 2.29. The minimum Gasteiger partial charge on any atom is -0.487 e. The second kappa shape index (κ2) is 8.60. The normalized spacial score (nSPS) is 12.8. The number of benzene rings is 3. The van der Waals surface area contributed by atoms with Gasteiger partial charge in [-0.25, -0.2) is 0 Å². The van der Waals surface area contributed by atoms with Crippen LogP contribution in [0.15, 0.2) is 84.6 Å². The smallest absolute Gasteiger partial charge is 0.323 e. The number of carboxylic acids is 1. The van der Waals surface area contributed by atoms with Crippen LogP contribution in [0.5, 0.6) is 5.75 Å². The standard InChI is InChI=1S/C27H19N3O4/c28-14-19(13-20-15-29(16-26(31)32)23-10-4-2-8-21(20)23)27(33)30-22-9-3-1-7-18(22)17-34-25-12-6-5-11-24(25)30/h1-13,15H,16-17H2,(H,31,32)/b19-13+. The average molecular weight is 449 g/mol. The van der Waals surface area contributed by atoms with Crippen molar-refractivity contribution in [1.82, 2.24) is 4.57 Å². The third-order valence-corrected chi connectivity index (χ3v) is 5.70. The van der Waals surface area contributed by atoms with Gasteiger partial charge in [0.05, 0.1) is 11.4 Å². The molecule has 5 rings (SSSR count). The van der Waals surface area contributed by atoms with Crippen LogP contribution in [0, 0.1) is 11.3 Å². The molecule has 0 unspecified atom stereocenters. The molecule has 1 amide bonds. The lowest BCUT2D eigenvalue weighted by Gasteiger charge is -2.23. The molecule has 1 aliphatic rings. The maximum atomic E-state index is 13.8. The molecule has 0 radical (unpaired) electrons. The van der Waals surface area contributed by atoms with Crippen molar-refractivity contribution >= 4 is 40.2 Å². The molecule has 0 bridgehead atoms. The van der Waals surface area contributed by atoms with Crippen LogP contribution in [0.1, 0.15) is 11.1 Å². The van der Waals surface area contributed by atoms with E-state index in [0.717, 1.165) is 10.9 Å². The van der Waals surface area contributed by atoms with Crippen LogP contribution in [-0.2, 0) is 22.7 Å². The molecule has 0 aliphatic carbocycles. The molecule has 1 aromatic heterocycles. The molecule has 7 heteroatoms. The van der Waals surface area contributed by atoms with Crippen molar-refractivity contribution in [3.63, 3.8) is 0 Å². The van der Waals surface area contributed by atoms with E-state index in [1.807, 2.05) is 66.7 Å². The number of carboxylic acid groups (broad SMARTS) is 1. The molecule has 0 fully saturated rings. The van der Waals surface area contributed by atoms with Gasteiger partial charge in [0.2, 0.25) is 0 Å². The lowest BCUT2D eigenvalue weighted by Crippen LogP contribution is -2.27. The first-order valence-electron chi connectivity index (χ1n) is 10.6. The predicted octanol–water partition coefficient (Wildman–Crippen LogP) is 4.89. The van der Waals surface area contributed by atoms with Gasteiger partial charge < -0.3 is 14.4 Å². The molecule has 0 saturated heterocycles. The van der Waals surface area contributed by atoms with Crippen molar-refractivity contribution in [3.8, 4) is 11.8 Å². The number of carbonyl (C=O) groups is 2. The Bertz CT molecular complexity index is 1460. The number of ether oxygens (including phenoxy) is 1. The summed E-state index contributed by atoms with van der Waals surface area (Å²) in [7, 11) is 0. The van der Waals surface area contributed by atoms with Crippen molar-refractivity contribution < 1.29 is 19.4 Å². The first-order valence-corrected chi connectivity index (χ1v) is 10.6. The summed E-state index contributed by atoms with van der Waals surface area (Å²) in [6.45, 7) is 0.0691. The van der Waals surface area contributed by atoms with E-state index >= 15 is 0 Å². The van der Waals surface area contributed by atoms with Crippen molar-refractivity contribution in [2.24, 2.45) is 0 Å². The number of aliphatic carboxylic acids is 1. The van der Waals surface area contributed by atoms with Gasteiger partial charge in [0, 0.05) is 28.2 Å². The zero-order valence-corrected chi connectivity index (χ0v) is 18.0. The zero-order chi connectivity index (χ0) is 23.7. The summed E-state index contributed by atoms with van der Waals surface area (Å²) in [5.74, 6) is -0.934. The molecule has 7 nitrogen and oxygen atoms in total. The summed E-state index contributed by atoms with van der Waals surface area (Å²) in [6, 6.07) is 24.0. The molecule has 2 heterocycles. The van der Waals surface area contributed by atoms with E-state index in [-0.39, 0.29) is 12.1 Å². The van der Waals surface area contributed by atoms with Gasteiger partial charge in [-0.15, -0.1) is 0 Å². The summed E-state index contributed by atoms with van der Waals surface area (Å²) in [4.78, 5) is 26.6. The summed E-state index contributed by atoms with van der Waals surface area (Å²) < 4.78 is 7.52. The first-order chi connectivity index (χ1) is 16.6. The second-order valence-corrected chi connectivity index (χ2v) is 7.82. The minimum atomic E-state index is -0.981. The van der Waals surface area contributed by atoms with E-state index in [4.69, 9.17) is 4.74 Å². The number of nitrogens with zero attached hydrogens (tertiary/aromatic N) is 3. The zero-order valence-electron chi connectivity index (χ0n) is 18.0. The topological polar surface area (TPSA) is 95.6 Å². The Morgan fingerprint density at radius 3 is 2.50 bits per heavy atom. The highest BCUT2D eigenvalue weighted by atomic mass is 16.5. The molecule has 166 valence electrons. The Morgan fingerprint density at radius 1 is 1.00 bits per heavy atom. The molecule has 34 heavy (non-hydrogen) atoms. The van der Waals surface area contributed by atoms with Crippen LogP contribution >= 0.6 is 0 Å². The lowest BCUT2D eigenvalue weighted by molar-refractivity contribution is -0.137. The van der Waals surface area contributed by atoms with Crippen molar-refractivity contribution in [3.05, 3.63) is 95.7 Å². The molecule has 0 spiro atoms. The van der Waals surface area contributed by atoms with Crippen LogP contribution in [0.3, 0.4) is 0 Å². The third-order valence-electron chi connectivity index (χ3n) is 5.70. The molecule has 0 saturated carbocycles. The Morgan fingerprint density at radius 2 is 1.71 bits per heavy atom. The number of amides is 1. The predicted molar refractivity (Wildman–Crippen MR) is 128 cm³/mol. The highest BCUT2D eigenvalue weighted by molar-refractivity contribution is 6.16. The fourth-order valence-corrected chi connectivity index (χ4v) is 4.20. The molecule has 4 aromatic rings. The quantitative estimate of drug-likeness (QED) is 0.354. The number of para-hydroxylation sites is 4. The largest absolute Gasteiger partial charge is 0.487 e. The Balaban J connectivity index is 1.65. The van der Waals surface area contributed by atoms with E-state index in [9.17, 15) is 20.0 Å². The van der Waals surface area contributed by atoms with Crippen LogP contribution < -0.4 is 9.64 Å². The van der Waals surface area contributed by atoms with Crippen molar-refractivity contribution in [2.45, 2.75) is 13.2 Å². The number of hydrogen-bond acceptors (Lipinski definition) is 4. The van der Waals surface area contributed by atoms with Gasteiger partial charge in [-0.2, -0.15) is 5.26 Å². The lowest BCUT2D eigenvalue weighted by atomic mass is 10.1. The fraction of sp³-hybridized carbons (Fsp3) is 0.0741. The molecule has 1 N–H and O–H groups in total. The van der Waals surface area contributed by atoms with Crippen molar-refractivity contribution in [2.75, 3.05) is 4.90 Å². The fourth-order valence-electron chi connectivity index (χ4n) is 4.20. The highest BCUT2D eigenvalue weighted by Crippen LogP contribution is 2.40. The van der Waals surface area contributed by atoms with Crippen LogP contribution in [0.2, 0.25) is 0 Å². The monoisotopic (exact) mass is 449 g/mol. The molecule has 3 aromatic carbocycles. The Kier molecular flexibility index (Phi) is 5.32.